The third kappa shape index (κ3) is 4.88. The molecule has 2 N–H and O–H groups in total. The molecule has 3 nitrogen and oxygen atoms in total. The van der Waals surface area contributed by atoms with Crippen LogP contribution in [0.4, 0.5) is 0 Å². The lowest BCUT2D eigenvalue weighted by Crippen LogP contribution is -2.48. The molecule has 78 valence electrons. The van der Waals surface area contributed by atoms with E-state index >= 15 is 0 Å². The maximum Gasteiger partial charge on any atom is 0.234 e. The van der Waals surface area contributed by atoms with Crippen molar-refractivity contribution in [3.8, 4) is 0 Å². The van der Waals surface area contributed by atoms with Crippen LogP contribution < -0.4 is 10.6 Å². The molecule has 13 heavy (non-hydrogen) atoms. The molecule has 1 unspecified atom stereocenters. The minimum atomic E-state index is -0.0251. The number of nitrogens with one attached hydrogen (secondary N) is 2. The zero-order valence-electron chi connectivity index (χ0n) is 9.24. The summed E-state index contributed by atoms with van der Waals surface area (Å²) in [7, 11) is 1.78. The number of likely N-dealkylation sites (N-methyl/N-ethyl adjacent to an activating group) is 1. The van der Waals surface area contributed by atoms with Gasteiger partial charge in [-0.25, -0.2) is 0 Å². The van der Waals surface area contributed by atoms with Gasteiger partial charge < -0.3 is 10.6 Å². The van der Waals surface area contributed by atoms with Gasteiger partial charge in [-0.3, -0.25) is 4.79 Å². The van der Waals surface area contributed by atoms with Crippen molar-refractivity contribution in [1.82, 2.24) is 10.6 Å². The van der Waals surface area contributed by atoms with E-state index in [9.17, 15) is 4.79 Å². The second-order valence-corrected chi connectivity index (χ2v) is 3.74. The van der Waals surface area contributed by atoms with Crippen LogP contribution in [0.3, 0.4) is 0 Å². The lowest BCUT2D eigenvalue weighted by Gasteiger charge is -2.29. The summed E-state index contributed by atoms with van der Waals surface area (Å²) in [5.74, 6) is 0.0836. The summed E-state index contributed by atoms with van der Waals surface area (Å²) >= 11 is 0. The van der Waals surface area contributed by atoms with Crippen molar-refractivity contribution >= 4 is 5.91 Å². The second kappa shape index (κ2) is 5.97. The third-order valence-corrected chi connectivity index (χ3v) is 2.36. The second-order valence-electron chi connectivity index (χ2n) is 3.74. The van der Waals surface area contributed by atoms with E-state index in [1.54, 1.807) is 7.05 Å². The summed E-state index contributed by atoms with van der Waals surface area (Å²) in [5, 5.41) is 5.89. The summed E-state index contributed by atoms with van der Waals surface area (Å²) in [4.78, 5) is 11.3. The van der Waals surface area contributed by atoms with E-state index in [4.69, 9.17) is 0 Å². The third-order valence-electron chi connectivity index (χ3n) is 2.36. The highest BCUT2D eigenvalue weighted by Gasteiger charge is 2.22. The van der Waals surface area contributed by atoms with Crippen LogP contribution in [0, 0.1) is 0 Å². The van der Waals surface area contributed by atoms with E-state index in [0.717, 1.165) is 19.3 Å². The van der Waals surface area contributed by atoms with Crippen LogP contribution in [0.25, 0.3) is 0 Å². The molecule has 0 rings (SSSR count). The zero-order valence-corrected chi connectivity index (χ0v) is 9.24. The lowest BCUT2D eigenvalue weighted by molar-refractivity contribution is -0.122. The highest BCUT2D eigenvalue weighted by atomic mass is 16.2. The molecule has 1 amide bonds. The fourth-order valence-electron chi connectivity index (χ4n) is 1.42. The Labute approximate surface area is 81.3 Å². The molecule has 0 spiro atoms. The number of carbonyl (C=O) groups excluding carboxylic acids is 1. The van der Waals surface area contributed by atoms with E-state index < -0.39 is 0 Å². The molecule has 0 aliphatic heterocycles. The topological polar surface area (TPSA) is 41.1 Å². The Hall–Kier alpha value is -0.570. The Morgan fingerprint density at radius 2 is 2.00 bits per heavy atom. The Bertz CT molecular complexity index is 159. The fourth-order valence-corrected chi connectivity index (χ4v) is 1.42. The molecule has 0 saturated carbocycles. The van der Waals surface area contributed by atoms with Crippen molar-refractivity contribution in [1.29, 1.82) is 0 Å². The molecule has 0 fully saturated rings. The zero-order chi connectivity index (χ0) is 10.3. The lowest BCUT2D eigenvalue weighted by atomic mass is 9.93. The molecule has 0 aromatic carbocycles. The molecule has 0 heterocycles. The van der Waals surface area contributed by atoms with E-state index in [1.807, 2.05) is 0 Å². The summed E-state index contributed by atoms with van der Waals surface area (Å²) in [5.41, 5.74) is -0.0251. The van der Waals surface area contributed by atoms with E-state index in [2.05, 4.69) is 31.4 Å². The average Bonchev–Trinajstić information content (AvgIpc) is 2.05. The predicted molar refractivity (Wildman–Crippen MR) is 55.7 cm³/mol. The van der Waals surface area contributed by atoms with Gasteiger partial charge in [-0.2, -0.15) is 0 Å². The van der Waals surface area contributed by atoms with Gasteiger partial charge in [0.25, 0.3) is 0 Å². The molecule has 3 heteroatoms. The SMILES string of the molecule is CCCC(C)(CC)NC(=O)CNC. The van der Waals surface area contributed by atoms with Gasteiger partial charge in [0.2, 0.25) is 5.91 Å². The van der Waals surface area contributed by atoms with Gasteiger partial charge in [0.05, 0.1) is 6.54 Å². The molecule has 0 radical (unpaired) electrons. The first-order valence-electron chi connectivity index (χ1n) is 5.03. The van der Waals surface area contributed by atoms with Crippen LogP contribution in [-0.2, 0) is 4.79 Å². The first-order valence-corrected chi connectivity index (χ1v) is 5.03. The van der Waals surface area contributed by atoms with Gasteiger partial charge in [0.1, 0.15) is 0 Å². The smallest absolute Gasteiger partial charge is 0.234 e. The highest BCUT2D eigenvalue weighted by Crippen LogP contribution is 2.15. The number of hydrogen-bond acceptors (Lipinski definition) is 2. The van der Waals surface area contributed by atoms with Gasteiger partial charge in [0, 0.05) is 5.54 Å². The minimum Gasteiger partial charge on any atom is -0.350 e. The molecule has 0 aromatic heterocycles. The van der Waals surface area contributed by atoms with Gasteiger partial charge in [-0.15, -0.1) is 0 Å². The molecule has 1 atom stereocenters. The summed E-state index contributed by atoms with van der Waals surface area (Å²) in [6.07, 6.45) is 3.12. The number of hydrogen-bond donors (Lipinski definition) is 2. The van der Waals surface area contributed by atoms with Crippen molar-refractivity contribution < 1.29 is 4.79 Å². The van der Waals surface area contributed by atoms with Crippen LogP contribution in [-0.4, -0.2) is 25.0 Å². The number of rotatable bonds is 6. The van der Waals surface area contributed by atoms with Gasteiger partial charge in [-0.1, -0.05) is 20.3 Å². The van der Waals surface area contributed by atoms with E-state index in [0.29, 0.717) is 6.54 Å². The maximum absolute atomic E-state index is 11.3. The monoisotopic (exact) mass is 186 g/mol. The fraction of sp³-hybridized carbons (Fsp3) is 0.900. The van der Waals surface area contributed by atoms with Gasteiger partial charge >= 0.3 is 0 Å². The van der Waals surface area contributed by atoms with Gasteiger partial charge in [0.15, 0.2) is 0 Å². The van der Waals surface area contributed by atoms with Crippen molar-refractivity contribution in [2.75, 3.05) is 13.6 Å². The van der Waals surface area contributed by atoms with Crippen LogP contribution in [0.2, 0.25) is 0 Å². The first kappa shape index (κ1) is 12.4. The van der Waals surface area contributed by atoms with Crippen LogP contribution >= 0.6 is 0 Å². The quantitative estimate of drug-likeness (QED) is 0.656. The molecule has 0 saturated heterocycles. The summed E-state index contributed by atoms with van der Waals surface area (Å²) in [6, 6.07) is 0. The van der Waals surface area contributed by atoms with Crippen molar-refractivity contribution in [3.63, 3.8) is 0 Å². The molecule has 0 aliphatic rings. The number of carbonyl (C=O) groups is 1. The standard InChI is InChI=1S/C10H22N2O/c1-5-7-10(3,6-2)12-9(13)8-11-4/h11H,5-8H2,1-4H3,(H,12,13). The van der Waals surface area contributed by atoms with Crippen molar-refractivity contribution in [2.45, 2.75) is 45.6 Å². The van der Waals surface area contributed by atoms with Crippen LogP contribution in [0.1, 0.15) is 40.0 Å². The highest BCUT2D eigenvalue weighted by molar-refractivity contribution is 5.78. The Morgan fingerprint density at radius 1 is 1.38 bits per heavy atom. The Balaban J connectivity index is 4.02. The average molecular weight is 186 g/mol. The normalized spacial score (nSPS) is 15.1. The molecule has 0 aromatic rings. The van der Waals surface area contributed by atoms with E-state index in [-0.39, 0.29) is 11.4 Å². The largest absolute Gasteiger partial charge is 0.350 e. The van der Waals surface area contributed by atoms with E-state index in [1.165, 1.54) is 0 Å². The van der Waals surface area contributed by atoms with Gasteiger partial charge in [-0.05, 0) is 26.8 Å². The number of amides is 1. The van der Waals surface area contributed by atoms with Crippen LogP contribution in [0.15, 0.2) is 0 Å². The van der Waals surface area contributed by atoms with Crippen molar-refractivity contribution in [2.24, 2.45) is 0 Å². The molecular weight excluding hydrogens is 164 g/mol. The predicted octanol–water partition coefficient (Wildman–Crippen LogP) is 1.29. The Morgan fingerprint density at radius 3 is 2.38 bits per heavy atom. The molecule has 0 bridgehead atoms. The first-order chi connectivity index (χ1) is 6.08. The van der Waals surface area contributed by atoms with Crippen LogP contribution in [0.5, 0.6) is 0 Å². The molecular formula is C10H22N2O. The summed E-state index contributed by atoms with van der Waals surface area (Å²) in [6.45, 7) is 6.75. The molecule has 0 aliphatic carbocycles. The van der Waals surface area contributed by atoms with Crippen molar-refractivity contribution in [3.05, 3.63) is 0 Å². The Kier molecular flexibility index (Phi) is 5.71. The summed E-state index contributed by atoms with van der Waals surface area (Å²) < 4.78 is 0. The minimum absolute atomic E-state index is 0.0251. The maximum atomic E-state index is 11.3.